The summed E-state index contributed by atoms with van der Waals surface area (Å²) in [4.78, 5) is 9.16. The van der Waals surface area contributed by atoms with Crippen LogP contribution in [-0.2, 0) is 0 Å². The number of hydrogen-bond donors (Lipinski definition) is 1. The van der Waals surface area contributed by atoms with Crippen molar-refractivity contribution in [1.82, 2.24) is 9.97 Å². The van der Waals surface area contributed by atoms with Gasteiger partial charge in [-0.15, -0.1) is 0 Å². The number of anilines is 1. The van der Waals surface area contributed by atoms with Gasteiger partial charge >= 0.3 is 0 Å². The summed E-state index contributed by atoms with van der Waals surface area (Å²) in [6.07, 6.45) is 1.18. The second kappa shape index (κ2) is 4.09. The first-order valence-electron chi connectivity index (χ1n) is 6.36. The molecule has 3 heteroatoms. The monoisotopic (exact) mass is 239 g/mol. The van der Waals surface area contributed by atoms with Gasteiger partial charge in [-0.3, -0.25) is 0 Å². The highest BCUT2D eigenvalue weighted by Gasteiger charge is 2.37. The SMILES string of the molecule is Cc1c(N)nc(C2CC2C)nc1-c1ccccc1. The van der Waals surface area contributed by atoms with E-state index in [4.69, 9.17) is 10.7 Å². The van der Waals surface area contributed by atoms with Gasteiger partial charge in [-0.2, -0.15) is 0 Å². The largest absolute Gasteiger partial charge is 0.383 e. The van der Waals surface area contributed by atoms with E-state index >= 15 is 0 Å². The average molecular weight is 239 g/mol. The maximum atomic E-state index is 6.02. The first kappa shape index (κ1) is 11.2. The zero-order valence-electron chi connectivity index (χ0n) is 10.7. The first-order chi connectivity index (χ1) is 8.66. The summed E-state index contributed by atoms with van der Waals surface area (Å²) >= 11 is 0. The van der Waals surface area contributed by atoms with Gasteiger partial charge < -0.3 is 5.73 Å². The molecule has 1 aromatic heterocycles. The molecule has 18 heavy (non-hydrogen) atoms. The van der Waals surface area contributed by atoms with E-state index in [2.05, 4.69) is 24.0 Å². The van der Waals surface area contributed by atoms with Gasteiger partial charge in [0, 0.05) is 17.0 Å². The molecule has 1 saturated carbocycles. The van der Waals surface area contributed by atoms with Crippen molar-refractivity contribution in [3.05, 3.63) is 41.7 Å². The van der Waals surface area contributed by atoms with Gasteiger partial charge in [0.1, 0.15) is 11.6 Å². The summed E-state index contributed by atoms with van der Waals surface area (Å²) in [5.74, 6) is 2.70. The molecule has 0 aliphatic heterocycles. The predicted octanol–water partition coefficient (Wildman–Crippen LogP) is 3.16. The number of hydrogen-bond acceptors (Lipinski definition) is 3. The fraction of sp³-hybridized carbons (Fsp3) is 0.333. The summed E-state index contributed by atoms with van der Waals surface area (Å²) in [7, 11) is 0. The van der Waals surface area contributed by atoms with Gasteiger partial charge in [-0.05, 0) is 19.3 Å². The zero-order chi connectivity index (χ0) is 12.7. The molecule has 2 atom stereocenters. The van der Waals surface area contributed by atoms with Crippen LogP contribution < -0.4 is 5.73 Å². The highest BCUT2D eigenvalue weighted by molar-refractivity contribution is 5.67. The minimum absolute atomic E-state index is 0.496. The molecule has 3 rings (SSSR count). The Labute approximate surface area is 107 Å². The van der Waals surface area contributed by atoms with Crippen molar-refractivity contribution < 1.29 is 0 Å². The molecule has 1 heterocycles. The quantitative estimate of drug-likeness (QED) is 0.875. The Morgan fingerprint density at radius 2 is 1.83 bits per heavy atom. The van der Waals surface area contributed by atoms with E-state index < -0.39 is 0 Å². The highest BCUT2D eigenvalue weighted by atomic mass is 15.0. The number of nitrogen functional groups attached to an aromatic ring is 1. The van der Waals surface area contributed by atoms with Crippen LogP contribution in [0.1, 0.15) is 30.7 Å². The molecule has 0 bridgehead atoms. The molecule has 2 N–H and O–H groups in total. The van der Waals surface area contributed by atoms with Crippen molar-refractivity contribution in [3.63, 3.8) is 0 Å². The number of nitrogens with two attached hydrogens (primary N) is 1. The molecule has 0 radical (unpaired) electrons. The Morgan fingerprint density at radius 1 is 1.17 bits per heavy atom. The molecule has 0 amide bonds. The normalized spacial score (nSPS) is 21.9. The van der Waals surface area contributed by atoms with Crippen LogP contribution in [0.5, 0.6) is 0 Å². The van der Waals surface area contributed by atoms with Gasteiger partial charge in [0.15, 0.2) is 0 Å². The fourth-order valence-electron chi connectivity index (χ4n) is 2.28. The molecule has 1 fully saturated rings. The first-order valence-corrected chi connectivity index (χ1v) is 6.36. The molecule has 0 spiro atoms. The third kappa shape index (κ3) is 1.86. The van der Waals surface area contributed by atoms with Crippen molar-refractivity contribution in [3.8, 4) is 11.3 Å². The Morgan fingerprint density at radius 3 is 2.44 bits per heavy atom. The van der Waals surface area contributed by atoms with Crippen molar-refractivity contribution in [2.45, 2.75) is 26.2 Å². The smallest absolute Gasteiger partial charge is 0.134 e. The lowest BCUT2D eigenvalue weighted by atomic mass is 10.1. The van der Waals surface area contributed by atoms with Crippen molar-refractivity contribution in [2.24, 2.45) is 5.92 Å². The second-order valence-corrected chi connectivity index (χ2v) is 5.13. The van der Waals surface area contributed by atoms with Gasteiger partial charge in [0.25, 0.3) is 0 Å². The van der Waals surface area contributed by atoms with Gasteiger partial charge in [-0.25, -0.2) is 9.97 Å². The van der Waals surface area contributed by atoms with Crippen LogP contribution in [0.3, 0.4) is 0 Å². The van der Waals surface area contributed by atoms with E-state index in [9.17, 15) is 0 Å². The molecule has 1 aliphatic carbocycles. The number of rotatable bonds is 2. The lowest BCUT2D eigenvalue weighted by Gasteiger charge is -2.10. The number of aromatic nitrogens is 2. The lowest BCUT2D eigenvalue weighted by molar-refractivity contribution is 0.844. The molecule has 2 aromatic rings. The Bertz CT molecular complexity index is 578. The second-order valence-electron chi connectivity index (χ2n) is 5.13. The molecule has 3 nitrogen and oxygen atoms in total. The van der Waals surface area contributed by atoms with Crippen LogP contribution >= 0.6 is 0 Å². The minimum atomic E-state index is 0.496. The lowest BCUT2D eigenvalue weighted by Crippen LogP contribution is -2.04. The summed E-state index contributed by atoms with van der Waals surface area (Å²) in [6.45, 7) is 4.21. The van der Waals surface area contributed by atoms with Crippen LogP contribution in [0.15, 0.2) is 30.3 Å². The van der Waals surface area contributed by atoms with Crippen LogP contribution in [0.2, 0.25) is 0 Å². The number of nitrogens with zero attached hydrogens (tertiary/aromatic N) is 2. The van der Waals surface area contributed by atoms with Crippen LogP contribution in [0.25, 0.3) is 11.3 Å². The molecule has 92 valence electrons. The summed E-state index contributed by atoms with van der Waals surface area (Å²) in [5.41, 5.74) is 9.07. The Hall–Kier alpha value is -1.90. The van der Waals surface area contributed by atoms with Crippen molar-refractivity contribution in [2.75, 3.05) is 5.73 Å². The summed E-state index contributed by atoms with van der Waals surface area (Å²) in [6, 6.07) is 10.2. The summed E-state index contributed by atoms with van der Waals surface area (Å²) < 4.78 is 0. The highest BCUT2D eigenvalue weighted by Crippen LogP contribution is 2.46. The standard InChI is InChI=1S/C15H17N3/c1-9-8-12(9)15-17-13(10(2)14(16)18-15)11-6-4-3-5-7-11/h3-7,9,12H,8H2,1-2H3,(H2,16,17,18). The topological polar surface area (TPSA) is 51.8 Å². The van der Waals surface area contributed by atoms with E-state index in [-0.39, 0.29) is 0 Å². The minimum Gasteiger partial charge on any atom is -0.383 e. The van der Waals surface area contributed by atoms with Gasteiger partial charge in [0.2, 0.25) is 0 Å². The van der Waals surface area contributed by atoms with E-state index in [1.807, 2.05) is 25.1 Å². The average Bonchev–Trinajstić information content (AvgIpc) is 3.11. The van der Waals surface area contributed by atoms with E-state index in [0.29, 0.717) is 17.7 Å². The van der Waals surface area contributed by atoms with Crippen molar-refractivity contribution in [1.29, 1.82) is 0 Å². The van der Waals surface area contributed by atoms with E-state index in [0.717, 1.165) is 22.6 Å². The molecule has 1 aromatic carbocycles. The van der Waals surface area contributed by atoms with Gasteiger partial charge in [0.05, 0.1) is 5.69 Å². The third-order valence-electron chi connectivity index (χ3n) is 3.69. The maximum Gasteiger partial charge on any atom is 0.134 e. The molecular formula is C15H17N3. The fourth-order valence-corrected chi connectivity index (χ4v) is 2.28. The molecular weight excluding hydrogens is 222 g/mol. The van der Waals surface area contributed by atoms with E-state index in [1.54, 1.807) is 0 Å². The van der Waals surface area contributed by atoms with Gasteiger partial charge in [-0.1, -0.05) is 37.3 Å². The van der Waals surface area contributed by atoms with Crippen LogP contribution in [0, 0.1) is 12.8 Å². The summed E-state index contributed by atoms with van der Waals surface area (Å²) in [5, 5.41) is 0. The molecule has 1 aliphatic rings. The predicted molar refractivity (Wildman–Crippen MR) is 73.1 cm³/mol. The molecule has 0 saturated heterocycles. The Kier molecular flexibility index (Phi) is 2.54. The van der Waals surface area contributed by atoms with Crippen LogP contribution in [-0.4, -0.2) is 9.97 Å². The third-order valence-corrected chi connectivity index (χ3v) is 3.69. The van der Waals surface area contributed by atoms with E-state index in [1.165, 1.54) is 6.42 Å². The zero-order valence-corrected chi connectivity index (χ0v) is 10.7. The maximum absolute atomic E-state index is 6.02. The molecule has 2 unspecified atom stereocenters. The Balaban J connectivity index is 2.11. The number of benzene rings is 1. The van der Waals surface area contributed by atoms with Crippen molar-refractivity contribution >= 4 is 5.82 Å². The van der Waals surface area contributed by atoms with Crippen LogP contribution in [0.4, 0.5) is 5.82 Å².